The first-order valence-electron chi connectivity index (χ1n) is 13.7. The van der Waals surface area contributed by atoms with Crippen LogP contribution in [0.2, 0.25) is 0 Å². The minimum atomic E-state index is -4.64. The van der Waals surface area contributed by atoms with Gasteiger partial charge < -0.3 is 34.5 Å². The monoisotopic (exact) mass is 569 g/mol. The van der Waals surface area contributed by atoms with Crippen molar-refractivity contribution in [3.05, 3.63) is 24.3 Å². The quantitative estimate of drug-likeness (QED) is 0.231. The molecule has 2 amide bonds. The number of benzene rings is 1. The van der Waals surface area contributed by atoms with Crippen LogP contribution in [0.25, 0.3) is 0 Å². The van der Waals surface area contributed by atoms with Gasteiger partial charge in [-0.15, -0.1) is 0 Å². The van der Waals surface area contributed by atoms with Crippen molar-refractivity contribution in [2.45, 2.75) is 63.3 Å². The number of rotatable bonds is 7. The fraction of sp³-hybridized carbons (Fsp3) is 0.692. The van der Waals surface area contributed by atoms with Gasteiger partial charge in [0.15, 0.2) is 0 Å². The summed E-state index contributed by atoms with van der Waals surface area (Å²) in [5.41, 5.74) is 1.18. The van der Waals surface area contributed by atoms with E-state index < -0.39 is 31.9 Å². The third-order valence-electron chi connectivity index (χ3n) is 8.12. The molecule has 1 aromatic carbocycles. The van der Waals surface area contributed by atoms with E-state index in [1.165, 1.54) is 23.4 Å². The smallest absolute Gasteiger partial charge is 0.466 e. The van der Waals surface area contributed by atoms with E-state index in [9.17, 15) is 19.8 Å². The largest absolute Gasteiger partial charge is 0.488 e. The summed E-state index contributed by atoms with van der Waals surface area (Å²) in [5.74, 6) is -0.304. The highest BCUT2D eigenvalue weighted by atomic mass is 31.2. The van der Waals surface area contributed by atoms with E-state index in [-0.39, 0.29) is 24.7 Å². The summed E-state index contributed by atoms with van der Waals surface area (Å²) in [5, 5.41) is 19.8. The molecule has 5 rings (SSSR count). The van der Waals surface area contributed by atoms with Crippen LogP contribution in [0.15, 0.2) is 24.3 Å². The zero-order valence-corrected chi connectivity index (χ0v) is 22.9. The number of aliphatic hydroxyl groups is 2. The van der Waals surface area contributed by atoms with Gasteiger partial charge in [0.25, 0.3) is 0 Å². The number of anilines is 1. The molecule has 4 aliphatic rings. The molecular formula is C26H40N3O9P. The molecule has 2 saturated carbocycles. The number of hydrogen-bond acceptors (Lipinski definition) is 8. The van der Waals surface area contributed by atoms with Crippen LogP contribution in [0.3, 0.4) is 0 Å². The van der Waals surface area contributed by atoms with E-state index in [1.807, 2.05) is 6.07 Å². The molecule has 2 heterocycles. The molecule has 13 heteroatoms. The first kappa shape index (κ1) is 29.9. The van der Waals surface area contributed by atoms with Crippen molar-refractivity contribution in [3.63, 3.8) is 0 Å². The normalized spacial score (nSPS) is 28.3. The van der Waals surface area contributed by atoms with Crippen molar-refractivity contribution >= 4 is 25.3 Å². The molecule has 39 heavy (non-hydrogen) atoms. The fourth-order valence-electron chi connectivity index (χ4n) is 6.11. The lowest BCUT2D eigenvalue weighted by Crippen LogP contribution is -2.47. The maximum Gasteiger partial charge on any atom is 0.466 e. The van der Waals surface area contributed by atoms with Crippen LogP contribution in [-0.4, -0.2) is 104 Å². The minimum absolute atomic E-state index is 0.176. The summed E-state index contributed by atoms with van der Waals surface area (Å²) in [6.45, 7) is 4.96. The number of aliphatic hydroxyl groups excluding tert-OH is 2. The highest BCUT2D eigenvalue weighted by Gasteiger charge is 2.51. The molecule has 5 N–H and O–H groups in total. The van der Waals surface area contributed by atoms with Crippen molar-refractivity contribution < 1.29 is 43.8 Å². The Morgan fingerprint density at radius 3 is 1.95 bits per heavy atom. The van der Waals surface area contributed by atoms with Gasteiger partial charge in [0.1, 0.15) is 5.75 Å². The molecule has 4 atom stereocenters. The first-order chi connectivity index (χ1) is 18.5. The van der Waals surface area contributed by atoms with Crippen LogP contribution < -0.4 is 9.64 Å². The van der Waals surface area contributed by atoms with Crippen molar-refractivity contribution in [2.75, 3.05) is 44.2 Å². The standard InChI is InChI=1S/C26H37N3O5.H3O4P/c30-22-16-19-20(17-23(22)31)26(33)29(25(19)32)11-5-10-27-12-14-28(15-13-27)21-8-3-4-9-24(21)34-18-6-1-2-7-18;1-5(2,3)4/h3-4,8-9,18-20,22-23,30-31H,1-2,5-7,10-17H2;(H3,1,2,3,4). The Balaban J connectivity index is 0.000000648. The number of carbonyl (C=O) groups is 2. The lowest BCUT2D eigenvalue weighted by molar-refractivity contribution is -0.140. The number of para-hydroxylation sites is 2. The van der Waals surface area contributed by atoms with Gasteiger partial charge in [-0.05, 0) is 63.6 Å². The summed E-state index contributed by atoms with van der Waals surface area (Å²) in [6.07, 6.45) is 4.42. The Morgan fingerprint density at radius 1 is 0.846 bits per heavy atom. The lowest BCUT2D eigenvalue weighted by Gasteiger charge is -2.37. The highest BCUT2D eigenvalue weighted by molar-refractivity contribution is 7.45. The van der Waals surface area contributed by atoms with E-state index in [1.54, 1.807) is 0 Å². The molecule has 0 bridgehead atoms. The third kappa shape index (κ3) is 8.00. The molecule has 218 valence electrons. The summed E-state index contributed by atoms with van der Waals surface area (Å²) in [7, 11) is -4.64. The molecule has 4 unspecified atom stereocenters. The average Bonchev–Trinajstić information content (AvgIpc) is 3.47. The number of fused-ring (bicyclic) bond motifs is 1. The molecule has 0 aromatic heterocycles. The topological polar surface area (TPSA) is 171 Å². The van der Waals surface area contributed by atoms with Crippen LogP contribution in [0, 0.1) is 11.8 Å². The van der Waals surface area contributed by atoms with E-state index in [0.29, 0.717) is 12.6 Å². The van der Waals surface area contributed by atoms with E-state index in [0.717, 1.165) is 57.7 Å². The predicted molar refractivity (Wildman–Crippen MR) is 142 cm³/mol. The Hall–Kier alpha value is -2.05. The molecule has 1 aromatic rings. The lowest BCUT2D eigenvalue weighted by atomic mass is 9.78. The maximum absolute atomic E-state index is 12.7. The van der Waals surface area contributed by atoms with Gasteiger partial charge in [0.05, 0.1) is 35.8 Å². The SMILES string of the molecule is O=C1C2CC(O)C(O)CC2C(=O)N1CCCN1CCN(c2ccccc2OC2CCCC2)CC1.O=P(O)(O)O. The number of imide groups is 1. The summed E-state index contributed by atoms with van der Waals surface area (Å²) < 4.78 is 15.2. The number of amides is 2. The van der Waals surface area contributed by atoms with E-state index >= 15 is 0 Å². The van der Waals surface area contributed by atoms with Gasteiger partial charge in [-0.2, -0.15) is 0 Å². The summed E-state index contributed by atoms with van der Waals surface area (Å²) in [6, 6.07) is 8.35. The van der Waals surface area contributed by atoms with Crippen LogP contribution in [0.4, 0.5) is 5.69 Å². The van der Waals surface area contributed by atoms with Crippen molar-refractivity contribution in [2.24, 2.45) is 11.8 Å². The van der Waals surface area contributed by atoms with Crippen LogP contribution >= 0.6 is 7.82 Å². The Labute approximate surface area is 228 Å². The van der Waals surface area contributed by atoms with Crippen LogP contribution in [0.1, 0.15) is 44.9 Å². The second-order valence-electron chi connectivity index (χ2n) is 10.8. The molecular weight excluding hydrogens is 529 g/mol. The molecule has 0 spiro atoms. The van der Waals surface area contributed by atoms with Gasteiger partial charge in [0, 0.05) is 32.7 Å². The third-order valence-corrected chi connectivity index (χ3v) is 8.12. The number of piperazine rings is 1. The molecule has 0 radical (unpaired) electrons. The van der Waals surface area contributed by atoms with Crippen molar-refractivity contribution in [1.82, 2.24) is 9.80 Å². The second kappa shape index (κ2) is 13.1. The number of nitrogens with zero attached hydrogens (tertiary/aromatic N) is 3. The molecule has 2 aliphatic heterocycles. The van der Waals surface area contributed by atoms with E-state index in [2.05, 4.69) is 28.0 Å². The minimum Gasteiger partial charge on any atom is -0.488 e. The van der Waals surface area contributed by atoms with Gasteiger partial charge in [-0.1, -0.05) is 12.1 Å². The number of hydrogen-bond donors (Lipinski definition) is 5. The average molecular weight is 570 g/mol. The molecule has 2 aliphatic carbocycles. The van der Waals surface area contributed by atoms with Crippen molar-refractivity contribution in [1.29, 1.82) is 0 Å². The zero-order chi connectivity index (χ0) is 28.2. The fourth-order valence-corrected chi connectivity index (χ4v) is 6.11. The highest BCUT2D eigenvalue weighted by Crippen LogP contribution is 2.38. The molecule has 4 fully saturated rings. The van der Waals surface area contributed by atoms with Gasteiger partial charge in [0.2, 0.25) is 11.8 Å². The summed E-state index contributed by atoms with van der Waals surface area (Å²) >= 11 is 0. The van der Waals surface area contributed by atoms with Gasteiger partial charge >= 0.3 is 7.82 Å². The second-order valence-corrected chi connectivity index (χ2v) is 11.9. The van der Waals surface area contributed by atoms with Crippen molar-refractivity contribution in [3.8, 4) is 5.75 Å². The molecule has 2 saturated heterocycles. The number of carbonyl (C=O) groups excluding carboxylic acids is 2. The van der Waals surface area contributed by atoms with Gasteiger partial charge in [-0.3, -0.25) is 19.4 Å². The van der Waals surface area contributed by atoms with Crippen LogP contribution in [-0.2, 0) is 14.2 Å². The maximum atomic E-state index is 12.7. The Kier molecular flexibility index (Phi) is 10.0. The Morgan fingerprint density at radius 2 is 1.38 bits per heavy atom. The van der Waals surface area contributed by atoms with E-state index in [4.69, 9.17) is 24.0 Å². The first-order valence-corrected chi connectivity index (χ1v) is 15.3. The predicted octanol–water partition coefficient (Wildman–Crippen LogP) is 0.708. The van der Waals surface area contributed by atoms with Gasteiger partial charge in [-0.25, -0.2) is 4.57 Å². The molecule has 12 nitrogen and oxygen atoms in total. The van der Waals surface area contributed by atoms with Crippen LogP contribution in [0.5, 0.6) is 5.75 Å². The number of phosphoric acid groups is 1. The summed E-state index contributed by atoms with van der Waals surface area (Å²) in [4.78, 5) is 53.2. The zero-order valence-electron chi connectivity index (χ0n) is 22.0. The Bertz CT molecular complexity index is 1000. The number of ether oxygens (including phenoxy) is 1. The number of likely N-dealkylation sites (tertiary alicyclic amines) is 1.